The van der Waals surface area contributed by atoms with Gasteiger partial charge in [-0.1, -0.05) is 67.2 Å². The van der Waals surface area contributed by atoms with Gasteiger partial charge in [0.1, 0.15) is 22.9 Å². The topological polar surface area (TPSA) is 170 Å². The van der Waals surface area contributed by atoms with Crippen LogP contribution in [0, 0.1) is 0 Å². The van der Waals surface area contributed by atoms with Crippen molar-refractivity contribution < 1.29 is 48.2 Å². The number of nitrogens with one attached hydrogen (secondary N) is 2. The fourth-order valence-electron chi connectivity index (χ4n) is 3.20. The van der Waals surface area contributed by atoms with E-state index in [1.54, 1.807) is 93.5 Å². The molecule has 0 spiro atoms. The number of alkyl carbamates (subject to hydrolysis) is 2. The first-order valence-electron chi connectivity index (χ1n) is 15.1. The molecular weight excluding hydrogens is 607 g/mol. The van der Waals surface area contributed by atoms with Crippen molar-refractivity contribution >= 4 is 36.7 Å². The summed E-state index contributed by atoms with van der Waals surface area (Å²) in [6, 6.07) is 17.3. The van der Waals surface area contributed by atoms with Crippen LogP contribution in [0.25, 0.3) is 0 Å². The number of amides is 2. The van der Waals surface area contributed by atoms with Crippen LogP contribution in [0.4, 0.5) is 9.59 Å². The molecule has 0 unspecified atom stereocenters. The van der Waals surface area contributed by atoms with Gasteiger partial charge in [-0.3, -0.25) is 5.32 Å². The molecule has 2 rings (SSSR count). The molecular formula is C34H51BN2O10. The van der Waals surface area contributed by atoms with Crippen molar-refractivity contribution in [3.05, 3.63) is 78.5 Å². The van der Waals surface area contributed by atoms with Gasteiger partial charge >= 0.3 is 31.2 Å². The highest BCUT2D eigenvalue weighted by Gasteiger charge is 2.26. The highest BCUT2D eigenvalue weighted by Crippen LogP contribution is 2.10. The predicted octanol–water partition coefficient (Wildman–Crippen LogP) is 4.42. The molecule has 0 aromatic heterocycles. The SMILES string of the molecule is C=C(NC(=O)OC(C)(C)C)C(=O)OC(C)C.CC(C)OC(=O)[C@@H](Cc1ccccc1)NC(=O)OC(C)(C)C.OB(O)c1ccccc1. The maximum atomic E-state index is 12.2. The van der Waals surface area contributed by atoms with Gasteiger partial charge in [-0.15, -0.1) is 0 Å². The molecule has 0 radical (unpaired) electrons. The van der Waals surface area contributed by atoms with Crippen LogP contribution in [0.2, 0.25) is 0 Å². The first-order valence-corrected chi connectivity index (χ1v) is 15.1. The van der Waals surface area contributed by atoms with E-state index in [2.05, 4.69) is 17.2 Å². The van der Waals surface area contributed by atoms with Crippen LogP contribution >= 0.6 is 0 Å². The van der Waals surface area contributed by atoms with Crippen LogP contribution in [0.15, 0.2) is 72.9 Å². The summed E-state index contributed by atoms with van der Waals surface area (Å²) in [4.78, 5) is 46.6. The highest BCUT2D eigenvalue weighted by atomic mass is 16.6. The summed E-state index contributed by atoms with van der Waals surface area (Å²) in [6.45, 7) is 20.8. The van der Waals surface area contributed by atoms with Gasteiger partial charge in [0, 0.05) is 6.42 Å². The fourth-order valence-corrected chi connectivity index (χ4v) is 3.20. The van der Waals surface area contributed by atoms with Gasteiger partial charge in [0.25, 0.3) is 0 Å². The third kappa shape index (κ3) is 22.7. The summed E-state index contributed by atoms with van der Waals surface area (Å²) in [5.74, 6) is -1.13. The van der Waals surface area contributed by atoms with E-state index in [0.717, 1.165) is 5.56 Å². The molecule has 2 amide bonds. The quantitative estimate of drug-likeness (QED) is 0.131. The number of carbonyl (C=O) groups is 4. The molecule has 0 saturated carbocycles. The number of carbonyl (C=O) groups excluding carboxylic acids is 4. The Morgan fingerprint density at radius 1 is 0.745 bits per heavy atom. The zero-order valence-electron chi connectivity index (χ0n) is 29.2. The third-order valence-electron chi connectivity index (χ3n) is 4.95. The Morgan fingerprint density at radius 2 is 1.19 bits per heavy atom. The summed E-state index contributed by atoms with van der Waals surface area (Å²) < 4.78 is 20.2. The summed E-state index contributed by atoms with van der Waals surface area (Å²) in [5.41, 5.74) is 0.0834. The molecule has 4 N–H and O–H groups in total. The number of ether oxygens (including phenoxy) is 4. The van der Waals surface area contributed by atoms with Crippen LogP contribution in [0.3, 0.4) is 0 Å². The molecule has 13 heteroatoms. The first kappa shape index (κ1) is 42.6. The molecule has 0 aliphatic heterocycles. The Bertz CT molecular complexity index is 1260. The van der Waals surface area contributed by atoms with Crippen molar-refractivity contribution in [2.75, 3.05) is 0 Å². The second kappa shape index (κ2) is 20.7. The van der Waals surface area contributed by atoms with E-state index >= 15 is 0 Å². The van der Waals surface area contributed by atoms with E-state index in [-0.39, 0.29) is 17.9 Å². The van der Waals surface area contributed by atoms with Crippen molar-refractivity contribution in [2.24, 2.45) is 0 Å². The standard InChI is InChI=1S/C17H25NO4.C11H19NO4.C6H7BO2/c1-12(2)21-15(19)14(11-13-9-7-6-8-10-13)18-16(20)22-17(3,4)5;1-7(2)15-9(13)8(3)12-10(14)16-11(4,5)6;8-7(9)6-4-2-1-3-5-6/h6-10,12,14H,11H2,1-5H3,(H,18,20);7H,3H2,1-2,4-6H3,(H,12,14);1-5,8-9H/t14-;;/m1../s1. The third-order valence-corrected chi connectivity index (χ3v) is 4.95. The Hall–Kier alpha value is -4.36. The summed E-state index contributed by atoms with van der Waals surface area (Å²) in [7, 11) is -1.34. The molecule has 2 aromatic rings. The summed E-state index contributed by atoms with van der Waals surface area (Å²) >= 11 is 0. The Balaban J connectivity index is 0.000000736. The lowest BCUT2D eigenvalue weighted by Crippen LogP contribution is -2.46. The molecule has 1 atom stereocenters. The Morgan fingerprint density at radius 3 is 1.60 bits per heavy atom. The van der Waals surface area contributed by atoms with Gasteiger partial charge in [0.2, 0.25) is 0 Å². The zero-order chi connectivity index (χ0) is 36.4. The normalized spacial score (nSPS) is 11.4. The minimum Gasteiger partial charge on any atom is -0.461 e. The van der Waals surface area contributed by atoms with Crippen LogP contribution in [0.5, 0.6) is 0 Å². The minimum absolute atomic E-state index is 0.136. The molecule has 0 heterocycles. The summed E-state index contributed by atoms with van der Waals surface area (Å²) in [5, 5.41) is 22.0. The van der Waals surface area contributed by atoms with Crippen molar-refractivity contribution in [2.45, 2.75) is 105 Å². The van der Waals surface area contributed by atoms with Gasteiger partial charge < -0.3 is 34.3 Å². The lowest BCUT2D eigenvalue weighted by molar-refractivity contribution is -0.150. The van der Waals surface area contributed by atoms with Gasteiger partial charge in [0.05, 0.1) is 12.2 Å². The number of hydrogen-bond acceptors (Lipinski definition) is 10. The predicted molar refractivity (Wildman–Crippen MR) is 181 cm³/mol. The van der Waals surface area contributed by atoms with E-state index in [0.29, 0.717) is 11.9 Å². The molecule has 12 nitrogen and oxygen atoms in total. The maximum Gasteiger partial charge on any atom is 0.488 e. The number of hydrogen-bond donors (Lipinski definition) is 4. The summed E-state index contributed by atoms with van der Waals surface area (Å²) in [6.07, 6.45) is -1.51. The van der Waals surface area contributed by atoms with Crippen LogP contribution in [0.1, 0.15) is 74.8 Å². The molecule has 260 valence electrons. The van der Waals surface area contributed by atoms with Crippen LogP contribution in [-0.4, -0.2) is 70.7 Å². The fraction of sp³-hybridized carbons (Fsp3) is 0.471. The smallest absolute Gasteiger partial charge is 0.461 e. The Labute approximate surface area is 279 Å². The molecule has 0 aliphatic carbocycles. The molecule has 0 fully saturated rings. The highest BCUT2D eigenvalue weighted by molar-refractivity contribution is 6.58. The average Bonchev–Trinajstić information content (AvgIpc) is 2.91. The molecule has 2 aromatic carbocycles. The average molecular weight is 659 g/mol. The number of esters is 2. The van der Waals surface area contributed by atoms with Crippen LogP contribution in [-0.2, 0) is 35.0 Å². The van der Waals surface area contributed by atoms with Gasteiger partial charge in [-0.2, -0.15) is 0 Å². The lowest BCUT2D eigenvalue weighted by Gasteiger charge is -2.23. The zero-order valence-corrected chi connectivity index (χ0v) is 29.2. The number of benzene rings is 2. The molecule has 0 aliphatic rings. The minimum atomic E-state index is -1.34. The van der Waals surface area contributed by atoms with Gasteiger partial charge in [-0.25, -0.2) is 19.2 Å². The molecule has 47 heavy (non-hydrogen) atoms. The lowest BCUT2D eigenvalue weighted by atomic mass is 9.81. The molecule has 0 bridgehead atoms. The Kier molecular flexibility index (Phi) is 18.8. The van der Waals surface area contributed by atoms with E-state index in [1.807, 2.05) is 36.4 Å². The van der Waals surface area contributed by atoms with Crippen molar-refractivity contribution in [3.63, 3.8) is 0 Å². The van der Waals surface area contributed by atoms with E-state index in [9.17, 15) is 19.2 Å². The second-order valence-electron chi connectivity index (χ2n) is 12.7. The van der Waals surface area contributed by atoms with Crippen molar-refractivity contribution in [1.82, 2.24) is 10.6 Å². The monoisotopic (exact) mass is 658 g/mol. The first-order chi connectivity index (χ1) is 21.6. The van der Waals surface area contributed by atoms with E-state index < -0.39 is 48.5 Å². The van der Waals surface area contributed by atoms with Gasteiger partial charge in [-0.05, 0) is 80.3 Å². The van der Waals surface area contributed by atoms with Crippen molar-refractivity contribution in [3.8, 4) is 0 Å². The van der Waals surface area contributed by atoms with Crippen molar-refractivity contribution in [1.29, 1.82) is 0 Å². The molecule has 0 saturated heterocycles. The number of rotatable bonds is 9. The van der Waals surface area contributed by atoms with Gasteiger partial charge in [0.15, 0.2) is 0 Å². The largest absolute Gasteiger partial charge is 0.488 e. The second-order valence-corrected chi connectivity index (χ2v) is 12.7. The van der Waals surface area contributed by atoms with E-state index in [4.69, 9.17) is 29.0 Å². The maximum absolute atomic E-state index is 12.2. The van der Waals surface area contributed by atoms with E-state index in [1.165, 1.54) is 0 Å². The van der Waals surface area contributed by atoms with Crippen LogP contribution < -0.4 is 16.1 Å².